The van der Waals surface area contributed by atoms with Crippen LogP contribution in [0.25, 0.3) is 0 Å². The molecule has 2 rings (SSSR count). The van der Waals surface area contributed by atoms with Crippen LogP contribution in [-0.2, 0) is 0 Å². The minimum Gasteiger partial charge on any atom is -0.0683 e. The van der Waals surface area contributed by atoms with Gasteiger partial charge in [-0.05, 0) is 0 Å². The third-order valence-corrected chi connectivity index (χ3v) is 1.33. The highest BCUT2D eigenvalue weighted by molar-refractivity contribution is 4.99. The summed E-state index contributed by atoms with van der Waals surface area (Å²) in [5.74, 6) is 0. The lowest BCUT2D eigenvalue weighted by molar-refractivity contribution is 1.50. The molecule has 0 heterocycles. The number of benzene rings is 2. The molecule has 0 saturated heterocycles. The minimum absolute atomic E-state index is 2.00. The zero-order valence-corrected chi connectivity index (χ0v) is 18.9. The monoisotopic (exact) mass is 336 g/mol. The second-order valence-electron chi connectivity index (χ2n) is 2.31. The molecule has 0 atom stereocenters. The summed E-state index contributed by atoms with van der Waals surface area (Å²) in [5, 5.41) is 0. The van der Waals surface area contributed by atoms with Gasteiger partial charge in [0.1, 0.15) is 0 Å². The third-order valence-electron chi connectivity index (χ3n) is 1.33. The molecule has 0 nitrogen and oxygen atoms in total. The van der Waals surface area contributed by atoms with E-state index in [1.165, 1.54) is 0 Å². The first-order valence-electron chi connectivity index (χ1n) is 10.0. The van der Waals surface area contributed by atoms with Crippen molar-refractivity contribution in [2.75, 3.05) is 0 Å². The zero-order valence-electron chi connectivity index (χ0n) is 18.9. The van der Waals surface area contributed by atoms with Crippen molar-refractivity contribution in [3.05, 3.63) is 72.8 Å². The van der Waals surface area contributed by atoms with Crippen molar-refractivity contribution in [3.8, 4) is 0 Å². The summed E-state index contributed by atoms with van der Waals surface area (Å²) in [6, 6.07) is 24.0. The van der Waals surface area contributed by atoms with Crippen molar-refractivity contribution >= 4 is 0 Å². The van der Waals surface area contributed by atoms with E-state index in [9.17, 15) is 0 Å². The number of rotatable bonds is 0. The predicted molar refractivity (Wildman–Crippen MR) is 121 cm³/mol. The first-order chi connectivity index (χ1) is 12.0. The van der Waals surface area contributed by atoms with E-state index in [0.717, 1.165) is 0 Å². The lowest BCUT2D eigenvalue weighted by Crippen LogP contribution is -1.47. The van der Waals surface area contributed by atoms with Crippen molar-refractivity contribution in [2.24, 2.45) is 0 Å². The maximum Gasteiger partial charge on any atom is -0.0623 e. The lowest BCUT2D eigenvalue weighted by atomic mass is 10.4. The van der Waals surface area contributed by atoms with E-state index in [1.54, 1.807) is 0 Å². The van der Waals surface area contributed by atoms with E-state index in [4.69, 9.17) is 0 Å². The SMILES string of the molecule is CC.CC.CC.CC.CC.CC.c1ccccc1.c1ccccc1. The molecule has 2 aromatic carbocycles. The van der Waals surface area contributed by atoms with E-state index < -0.39 is 0 Å². The van der Waals surface area contributed by atoms with Crippen LogP contribution in [0, 0.1) is 0 Å². The van der Waals surface area contributed by atoms with Gasteiger partial charge < -0.3 is 0 Å². The lowest BCUT2D eigenvalue weighted by Gasteiger charge is -1.69. The molecule has 2 aromatic rings. The van der Waals surface area contributed by atoms with E-state index in [1.807, 2.05) is 156 Å². The van der Waals surface area contributed by atoms with Gasteiger partial charge in [0, 0.05) is 0 Å². The molecule has 0 bridgehead atoms. The Morgan fingerprint density at radius 3 is 0.250 bits per heavy atom. The largest absolute Gasteiger partial charge is 0.0683 e. The fourth-order valence-electron chi connectivity index (χ4n) is 0.770. The number of hydrogen-bond acceptors (Lipinski definition) is 0. The first kappa shape index (κ1) is 38.2. The van der Waals surface area contributed by atoms with Gasteiger partial charge in [0.15, 0.2) is 0 Å². The van der Waals surface area contributed by atoms with E-state index in [0.29, 0.717) is 0 Å². The van der Waals surface area contributed by atoms with Crippen LogP contribution in [0.2, 0.25) is 0 Å². The van der Waals surface area contributed by atoms with Crippen molar-refractivity contribution in [2.45, 2.75) is 83.1 Å². The molecule has 144 valence electrons. The zero-order chi connectivity index (χ0) is 20.5. The fraction of sp³-hybridized carbons (Fsp3) is 0.500. The number of hydrogen-bond donors (Lipinski definition) is 0. The molecule has 0 spiro atoms. The Balaban J connectivity index is -0.0000000423. The Labute approximate surface area is 156 Å². The van der Waals surface area contributed by atoms with Gasteiger partial charge >= 0.3 is 0 Å². The topological polar surface area (TPSA) is 0 Å². The summed E-state index contributed by atoms with van der Waals surface area (Å²) >= 11 is 0. The fourth-order valence-corrected chi connectivity index (χ4v) is 0.770. The van der Waals surface area contributed by atoms with Crippen molar-refractivity contribution in [1.29, 1.82) is 0 Å². The molecular formula is C24H48. The Bertz CT molecular complexity index is 175. The summed E-state index contributed by atoms with van der Waals surface area (Å²) in [5.41, 5.74) is 0. The van der Waals surface area contributed by atoms with Crippen LogP contribution in [-0.4, -0.2) is 0 Å². The molecule has 0 aliphatic heterocycles. The smallest absolute Gasteiger partial charge is 0.0623 e. The quantitative estimate of drug-likeness (QED) is 0.449. The van der Waals surface area contributed by atoms with Gasteiger partial charge in [0.25, 0.3) is 0 Å². The maximum atomic E-state index is 2.00. The summed E-state index contributed by atoms with van der Waals surface area (Å²) in [6.45, 7) is 24.0. The Morgan fingerprint density at radius 2 is 0.208 bits per heavy atom. The molecule has 0 heteroatoms. The highest BCUT2D eigenvalue weighted by Crippen LogP contribution is 1.80. The van der Waals surface area contributed by atoms with Crippen LogP contribution in [0.4, 0.5) is 0 Å². The van der Waals surface area contributed by atoms with Crippen LogP contribution in [0.3, 0.4) is 0 Å². The molecule has 24 heavy (non-hydrogen) atoms. The normalized spacial score (nSPS) is 5.50. The molecule has 0 radical (unpaired) electrons. The van der Waals surface area contributed by atoms with Gasteiger partial charge in [0.05, 0.1) is 0 Å². The van der Waals surface area contributed by atoms with Crippen molar-refractivity contribution < 1.29 is 0 Å². The molecule has 0 aromatic heterocycles. The Morgan fingerprint density at radius 1 is 0.167 bits per heavy atom. The van der Waals surface area contributed by atoms with E-state index >= 15 is 0 Å². The van der Waals surface area contributed by atoms with E-state index in [2.05, 4.69) is 0 Å². The highest BCUT2D eigenvalue weighted by atomic mass is 13.7. The van der Waals surface area contributed by atoms with Crippen molar-refractivity contribution in [1.82, 2.24) is 0 Å². The molecule has 0 amide bonds. The molecular weight excluding hydrogens is 288 g/mol. The maximum absolute atomic E-state index is 2.00. The summed E-state index contributed by atoms with van der Waals surface area (Å²) < 4.78 is 0. The molecule has 0 aliphatic carbocycles. The van der Waals surface area contributed by atoms with Gasteiger partial charge in [-0.1, -0.05) is 156 Å². The van der Waals surface area contributed by atoms with Gasteiger partial charge in [-0.25, -0.2) is 0 Å². The van der Waals surface area contributed by atoms with Crippen LogP contribution >= 0.6 is 0 Å². The average Bonchev–Trinajstić information content (AvgIpc) is 2.79. The van der Waals surface area contributed by atoms with E-state index in [-0.39, 0.29) is 0 Å². The van der Waals surface area contributed by atoms with Crippen LogP contribution in [0.15, 0.2) is 72.8 Å². The molecule has 0 fully saturated rings. The van der Waals surface area contributed by atoms with Crippen LogP contribution in [0.5, 0.6) is 0 Å². The molecule has 0 N–H and O–H groups in total. The molecule has 0 unspecified atom stereocenters. The molecule has 0 aliphatic rings. The third kappa shape index (κ3) is 70.9. The second-order valence-corrected chi connectivity index (χ2v) is 2.31. The van der Waals surface area contributed by atoms with Crippen LogP contribution in [0.1, 0.15) is 83.1 Å². The van der Waals surface area contributed by atoms with Crippen LogP contribution < -0.4 is 0 Å². The minimum atomic E-state index is 2.00. The summed E-state index contributed by atoms with van der Waals surface area (Å²) in [6.07, 6.45) is 0. The highest BCUT2D eigenvalue weighted by Gasteiger charge is 1.58. The van der Waals surface area contributed by atoms with Gasteiger partial charge in [-0.15, -0.1) is 0 Å². The Hall–Kier alpha value is -1.56. The van der Waals surface area contributed by atoms with Gasteiger partial charge in [0.2, 0.25) is 0 Å². The summed E-state index contributed by atoms with van der Waals surface area (Å²) in [7, 11) is 0. The first-order valence-corrected chi connectivity index (χ1v) is 10.0. The molecule has 0 saturated carbocycles. The average molecular weight is 337 g/mol. The standard InChI is InChI=1S/2C6H6.6C2H6/c2*1-2-4-6-5-3-1;6*1-2/h2*1-6H;6*1-2H3. The van der Waals surface area contributed by atoms with Crippen molar-refractivity contribution in [3.63, 3.8) is 0 Å². The second kappa shape index (κ2) is 82.2. The predicted octanol–water partition coefficient (Wildman–Crippen LogP) is 9.53. The van der Waals surface area contributed by atoms with Gasteiger partial charge in [-0.2, -0.15) is 0 Å². The van der Waals surface area contributed by atoms with Gasteiger partial charge in [-0.3, -0.25) is 0 Å². The Kier molecular flexibility index (Phi) is 131. The summed E-state index contributed by atoms with van der Waals surface area (Å²) in [4.78, 5) is 0.